The van der Waals surface area contributed by atoms with Gasteiger partial charge in [0.15, 0.2) is 0 Å². The number of primary amides is 1. The van der Waals surface area contributed by atoms with Crippen LogP contribution in [0.25, 0.3) is 0 Å². The zero-order chi connectivity index (χ0) is 14.7. The maximum atomic E-state index is 12.1. The van der Waals surface area contributed by atoms with Gasteiger partial charge in [0, 0.05) is 22.0 Å². The van der Waals surface area contributed by atoms with Crippen LogP contribution in [0, 0.1) is 5.92 Å². The van der Waals surface area contributed by atoms with E-state index in [0.29, 0.717) is 10.6 Å². The molecule has 1 aliphatic rings. The molecule has 2 amide bonds. The summed E-state index contributed by atoms with van der Waals surface area (Å²) in [5.41, 5.74) is 5.83. The molecule has 0 spiro atoms. The Hall–Kier alpha value is -1.07. The summed E-state index contributed by atoms with van der Waals surface area (Å²) in [5, 5.41) is 3.49. The van der Waals surface area contributed by atoms with Gasteiger partial charge in [-0.1, -0.05) is 11.6 Å². The molecule has 0 aliphatic heterocycles. The van der Waals surface area contributed by atoms with Gasteiger partial charge >= 0.3 is 0 Å². The van der Waals surface area contributed by atoms with Crippen LogP contribution in [0.15, 0.2) is 22.7 Å². The fourth-order valence-electron chi connectivity index (χ4n) is 2.43. The minimum absolute atomic E-state index is 0.0507. The first-order valence-corrected chi connectivity index (χ1v) is 7.69. The van der Waals surface area contributed by atoms with E-state index in [0.717, 1.165) is 30.2 Å². The third kappa shape index (κ3) is 3.73. The van der Waals surface area contributed by atoms with E-state index in [1.54, 1.807) is 18.2 Å². The minimum Gasteiger partial charge on any atom is -0.369 e. The summed E-state index contributed by atoms with van der Waals surface area (Å²) in [6, 6.07) is 5.21. The highest BCUT2D eigenvalue weighted by Crippen LogP contribution is 2.25. The number of benzene rings is 1. The fraction of sp³-hybridized carbons (Fsp3) is 0.429. The van der Waals surface area contributed by atoms with Gasteiger partial charge in [-0.15, -0.1) is 0 Å². The van der Waals surface area contributed by atoms with Crippen LogP contribution in [0.3, 0.4) is 0 Å². The molecular formula is C14H16BrClN2O2. The predicted molar refractivity (Wildman–Crippen MR) is 81.6 cm³/mol. The van der Waals surface area contributed by atoms with E-state index in [9.17, 15) is 9.59 Å². The molecule has 0 radical (unpaired) electrons. The second-order valence-electron chi connectivity index (χ2n) is 5.05. The summed E-state index contributed by atoms with van der Waals surface area (Å²) >= 11 is 9.27. The number of carbonyl (C=O) groups is 2. The summed E-state index contributed by atoms with van der Waals surface area (Å²) in [5.74, 6) is -0.429. The minimum atomic E-state index is -0.241. The Kier molecular flexibility index (Phi) is 5.05. The van der Waals surface area contributed by atoms with Crippen LogP contribution in [0.2, 0.25) is 5.02 Å². The topological polar surface area (TPSA) is 72.2 Å². The highest BCUT2D eigenvalue weighted by molar-refractivity contribution is 9.10. The van der Waals surface area contributed by atoms with Crippen molar-refractivity contribution in [2.75, 3.05) is 0 Å². The lowest BCUT2D eigenvalue weighted by atomic mass is 9.85. The lowest BCUT2D eigenvalue weighted by Crippen LogP contribution is -2.39. The van der Waals surface area contributed by atoms with Gasteiger partial charge in [0.25, 0.3) is 5.91 Å². The monoisotopic (exact) mass is 358 g/mol. The van der Waals surface area contributed by atoms with Gasteiger partial charge in [-0.2, -0.15) is 0 Å². The van der Waals surface area contributed by atoms with Crippen molar-refractivity contribution < 1.29 is 9.59 Å². The Balaban J connectivity index is 1.92. The molecule has 20 heavy (non-hydrogen) atoms. The molecule has 1 saturated carbocycles. The molecule has 0 atom stereocenters. The predicted octanol–water partition coefficient (Wildman–Crippen LogP) is 2.88. The number of hydrogen-bond acceptors (Lipinski definition) is 2. The molecule has 1 fully saturated rings. The summed E-state index contributed by atoms with van der Waals surface area (Å²) in [6.07, 6.45) is 3.04. The SMILES string of the molecule is NC(=O)C1CCC(NC(=O)c2ccc(Br)c(Cl)c2)CC1. The van der Waals surface area contributed by atoms with E-state index in [4.69, 9.17) is 17.3 Å². The van der Waals surface area contributed by atoms with E-state index in [1.165, 1.54) is 0 Å². The first kappa shape index (κ1) is 15.3. The van der Waals surface area contributed by atoms with E-state index >= 15 is 0 Å². The van der Waals surface area contributed by atoms with E-state index in [-0.39, 0.29) is 23.8 Å². The van der Waals surface area contributed by atoms with Gasteiger partial charge in [0.05, 0.1) is 5.02 Å². The maximum Gasteiger partial charge on any atom is 0.251 e. The zero-order valence-electron chi connectivity index (χ0n) is 10.9. The van der Waals surface area contributed by atoms with Crippen molar-refractivity contribution in [2.45, 2.75) is 31.7 Å². The standard InChI is InChI=1S/C14H16BrClN2O2/c15-11-6-3-9(7-12(11)16)14(20)18-10-4-1-8(2-5-10)13(17)19/h3,6-8,10H,1-2,4-5H2,(H2,17,19)(H,18,20). The molecule has 3 N–H and O–H groups in total. The van der Waals surface area contributed by atoms with Crippen molar-refractivity contribution in [3.8, 4) is 0 Å². The van der Waals surface area contributed by atoms with Crippen LogP contribution < -0.4 is 11.1 Å². The lowest BCUT2D eigenvalue weighted by Gasteiger charge is -2.27. The largest absolute Gasteiger partial charge is 0.369 e. The number of nitrogens with two attached hydrogens (primary N) is 1. The molecule has 1 aromatic carbocycles. The number of hydrogen-bond donors (Lipinski definition) is 2. The van der Waals surface area contributed by atoms with Gasteiger partial charge in [-0.3, -0.25) is 9.59 Å². The summed E-state index contributed by atoms with van der Waals surface area (Å²) in [6.45, 7) is 0. The second kappa shape index (κ2) is 6.59. The number of carbonyl (C=O) groups excluding carboxylic acids is 2. The quantitative estimate of drug-likeness (QED) is 0.871. The van der Waals surface area contributed by atoms with Gasteiger partial charge in [-0.25, -0.2) is 0 Å². The summed E-state index contributed by atoms with van der Waals surface area (Å²) in [7, 11) is 0. The van der Waals surface area contributed by atoms with Gasteiger partial charge < -0.3 is 11.1 Å². The second-order valence-corrected chi connectivity index (χ2v) is 6.31. The normalized spacial score (nSPS) is 22.3. The van der Waals surface area contributed by atoms with Crippen LogP contribution in [-0.2, 0) is 4.79 Å². The number of rotatable bonds is 3. The van der Waals surface area contributed by atoms with Crippen LogP contribution >= 0.6 is 27.5 Å². The van der Waals surface area contributed by atoms with E-state index in [1.807, 2.05) is 0 Å². The molecule has 0 aromatic heterocycles. The van der Waals surface area contributed by atoms with Crippen molar-refractivity contribution >= 4 is 39.3 Å². The van der Waals surface area contributed by atoms with Gasteiger partial charge in [0.2, 0.25) is 5.91 Å². The van der Waals surface area contributed by atoms with Crippen LogP contribution in [0.1, 0.15) is 36.0 Å². The summed E-state index contributed by atoms with van der Waals surface area (Å²) in [4.78, 5) is 23.2. The number of nitrogens with one attached hydrogen (secondary N) is 1. The van der Waals surface area contributed by atoms with Crippen molar-refractivity contribution in [2.24, 2.45) is 11.7 Å². The molecule has 1 aliphatic carbocycles. The number of halogens is 2. The van der Waals surface area contributed by atoms with Crippen molar-refractivity contribution in [1.29, 1.82) is 0 Å². The van der Waals surface area contributed by atoms with Gasteiger partial charge in [0.1, 0.15) is 0 Å². The third-order valence-corrected chi connectivity index (χ3v) is 4.88. The Labute approximate surface area is 131 Å². The Bertz CT molecular complexity index is 528. The first-order chi connectivity index (χ1) is 9.47. The molecule has 0 bridgehead atoms. The number of amides is 2. The van der Waals surface area contributed by atoms with Gasteiger partial charge in [-0.05, 0) is 59.8 Å². The molecule has 0 unspecified atom stereocenters. The average Bonchev–Trinajstić information content (AvgIpc) is 2.42. The van der Waals surface area contributed by atoms with Crippen LogP contribution in [0.5, 0.6) is 0 Å². The fourth-order valence-corrected chi connectivity index (χ4v) is 2.86. The Morgan fingerprint density at radius 2 is 1.90 bits per heavy atom. The molecule has 4 nitrogen and oxygen atoms in total. The molecule has 0 heterocycles. The smallest absolute Gasteiger partial charge is 0.251 e. The summed E-state index contributed by atoms with van der Waals surface area (Å²) < 4.78 is 0.762. The Morgan fingerprint density at radius 3 is 2.45 bits per heavy atom. The zero-order valence-corrected chi connectivity index (χ0v) is 13.2. The molecule has 108 valence electrons. The molecular weight excluding hydrogens is 344 g/mol. The van der Waals surface area contributed by atoms with Crippen molar-refractivity contribution in [3.63, 3.8) is 0 Å². The lowest BCUT2D eigenvalue weighted by molar-refractivity contribution is -0.122. The highest BCUT2D eigenvalue weighted by Gasteiger charge is 2.25. The van der Waals surface area contributed by atoms with Crippen LogP contribution in [0.4, 0.5) is 0 Å². The van der Waals surface area contributed by atoms with E-state index < -0.39 is 0 Å². The third-order valence-electron chi connectivity index (χ3n) is 3.65. The Morgan fingerprint density at radius 1 is 1.25 bits per heavy atom. The molecule has 6 heteroatoms. The van der Waals surface area contributed by atoms with Crippen molar-refractivity contribution in [1.82, 2.24) is 5.32 Å². The average molecular weight is 360 g/mol. The maximum absolute atomic E-state index is 12.1. The van der Waals surface area contributed by atoms with Crippen LogP contribution in [-0.4, -0.2) is 17.9 Å². The highest BCUT2D eigenvalue weighted by atomic mass is 79.9. The molecule has 2 rings (SSSR count). The van der Waals surface area contributed by atoms with E-state index in [2.05, 4.69) is 21.2 Å². The first-order valence-electron chi connectivity index (χ1n) is 6.52. The van der Waals surface area contributed by atoms with Crippen molar-refractivity contribution in [3.05, 3.63) is 33.3 Å². The molecule has 0 saturated heterocycles. The molecule has 1 aromatic rings.